The summed E-state index contributed by atoms with van der Waals surface area (Å²) in [6, 6.07) is 9.05. The number of nitrogens with one attached hydrogen (secondary N) is 1. The van der Waals surface area contributed by atoms with Gasteiger partial charge in [-0.25, -0.2) is 9.59 Å². The number of carbonyl (C=O) groups is 2. The zero-order valence-corrected chi connectivity index (χ0v) is 11.7. The van der Waals surface area contributed by atoms with Crippen molar-refractivity contribution in [1.29, 1.82) is 0 Å². The first-order chi connectivity index (χ1) is 9.72. The predicted octanol–water partition coefficient (Wildman–Crippen LogP) is 1.92. The number of rotatable bonds is 4. The zero-order valence-electron chi connectivity index (χ0n) is 11.7. The summed E-state index contributed by atoms with van der Waals surface area (Å²) >= 11 is 0. The number of likely N-dealkylation sites (tertiary alicyclic amines) is 1. The molecule has 1 saturated heterocycles. The van der Waals surface area contributed by atoms with Gasteiger partial charge in [-0.2, -0.15) is 0 Å². The van der Waals surface area contributed by atoms with Crippen molar-refractivity contribution >= 4 is 12.0 Å². The Morgan fingerprint density at radius 1 is 1.35 bits per heavy atom. The third-order valence-electron chi connectivity index (χ3n) is 3.36. The Morgan fingerprint density at radius 3 is 2.80 bits per heavy atom. The van der Waals surface area contributed by atoms with Crippen LogP contribution < -0.4 is 5.32 Å². The fourth-order valence-electron chi connectivity index (χ4n) is 2.37. The van der Waals surface area contributed by atoms with Gasteiger partial charge in [-0.15, -0.1) is 0 Å². The molecular formula is C15H20N2O3. The number of hydrogen-bond acceptors (Lipinski definition) is 3. The fourth-order valence-corrected chi connectivity index (χ4v) is 2.37. The Kier molecular flexibility index (Phi) is 4.98. The van der Waals surface area contributed by atoms with Crippen molar-refractivity contribution in [3.8, 4) is 0 Å². The number of benzene rings is 1. The number of esters is 1. The van der Waals surface area contributed by atoms with Crippen LogP contribution in [0.1, 0.15) is 25.3 Å². The summed E-state index contributed by atoms with van der Waals surface area (Å²) in [5.41, 5.74) is 1.03. The minimum absolute atomic E-state index is 0.204. The molecule has 1 unspecified atom stereocenters. The summed E-state index contributed by atoms with van der Waals surface area (Å²) in [5.74, 6) is -0.306. The highest BCUT2D eigenvalue weighted by Crippen LogP contribution is 2.18. The van der Waals surface area contributed by atoms with Crippen LogP contribution in [0.3, 0.4) is 0 Å². The maximum absolute atomic E-state index is 12.1. The molecule has 0 radical (unpaired) electrons. The van der Waals surface area contributed by atoms with Crippen LogP contribution in [0.2, 0.25) is 0 Å². The maximum Gasteiger partial charge on any atom is 0.328 e. The van der Waals surface area contributed by atoms with E-state index in [1.54, 1.807) is 11.8 Å². The first-order valence-electron chi connectivity index (χ1n) is 6.97. The fraction of sp³-hybridized carbons (Fsp3) is 0.467. The molecule has 1 N–H and O–H groups in total. The molecule has 108 valence electrons. The SMILES string of the molecule is CCOC(=O)C1CCCN1C(=O)NCc1ccccc1. The van der Waals surface area contributed by atoms with Gasteiger partial charge < -0.3 is 15.0 Å². The normalized spacial score (nSPS) is 17.9. The molecule has 1 aliphatic heterocycles. The summed E-state index contributed by atoms with van der Waals surface area (Å²) in [6.07, 6.45) is 1.51. The van der Waals surface area contributed by atoms with E-state index in [9.17, 15) is 9.59 Å². The van der Waals surface area contributed by atoms with Crippen LogP contribution >= 0.6 is 0 Å². The largest absolute Gasteiger partial charge is 0.464 e. The topological polar surface area (TPSA) is 58.6 Å². The summed E-state index contributed by atoms with van der Waals surface area (Å²) in [7, 11) is 0. The van der Waals surface area contributed by atoms with Gasteiger partial charge in [-0.1, -0.05) is 30.3 Å². The number of ether oxygens (including phenoxy) is 1. The van der Waals surface area contributed by atoms with Crippen molar-refractivity contribution in [2.45, 2.75) is 32.4 Å². The number of carbonyl (C=O) groups excluding carboxylic acids is 2. The van der Waals surface area contributed by atoms with Gasteiger partial charge in [0.2, 0.25) is 0 Å². The minimum Gasteiger partial charge on any atom is -0.464 e. The Morgan fingerprint density at radius 2 is 2.10 bits per heavy atom. The zero-order chi connectivity index (χ0) is 14.4. The molecule has 1 atom stereocenters. The number of urea groups is 1. The van der Waals surface area contributed by atoms with Gasteiger partial charge in [-0.3, -0.25) is 0 Å². The van der Waals surface area contributed by atoms with Crippen molar-refractivity contribution in [2.75, 3.05) is 13.2 Å². The van der Waals surface area contributed by atoms with Crippen LogP contribution in [0.15, 0.2) is 30.3 Å². The molecule has 20 heavy (non-hydrogen) atoms. The second-order valence-corrected chi connectivity index (χ2v) is 4.75. The molecule has 1 aliphatic rings. The summed E-state index contributed by atoms with van der Waals surface area (Å²) in [6.45, 7) is 3.18. The average Bonchev–Trinajstić information content (AvgIpc) is 2.96. The van der Waals surface area contributed by atoms with E-state index in [-0.39, 0.29) is 12.0 Å². The predicted molar refractivity (Wildman–Crippen MR) is 75.0 cm³/mol. The highest BCUT2D eigenvalue weighted by molar-refractivity contribution is 5.84. The van der Waals surface area contributed by atoms with Crippen molar-refractivity contribution in [1.82, 2.24) is 10.2 Å². The first-order valence-corrected chi connectivity index (χ1v) is 6.97. The molecule has 0 saturated carbocycles. The van der Waals surface area contributed by atoms with E-state index in [2.05, 4.69) is 5.32 Å². The highest BCUT2D eigenvalue weighted by atomic mass is 16.5. The molecule has 1 fully saturated rings. The van der Waals surface area contributed by atoms with Crippen molar-refractivity contribution in [2.24, 2.45) is 0 Å². The lowest BCUT2D eigenvalue weighted by atomic mass is 10.2. The second-order valence-electron chi connectivity index (χ2n) is 4.75. The smallest absolute Gasteiger partial charge is 0.328 e. The molecule has 0 aliphatic carbocycles. The molecule has 2 rings (SSSR count). The highest BCUT2D eigenvalue weighted by Gasteiger charge is 2.34. The Labute approximate surface area is 118 Å². The van der Waals surface area contributed by atoms with E-state index >= 15 is 0 Å². The standard InChI is InChI=1S/C15H20N2O3/c1-2-20-14(18)13-9-6-10-17(13)15(19)16-11-12-7-4-3-5-8-12/h3-5,7-8,13H,2,6,9-11H2,1H3,(H,16,19). The summed E-state index contributed by atoms with van der Waals surface area (Å²) in [5, 5.41) is 2.85. The van der Waals surface area contributed by atoms with E-state index < -0.39 is 6.04 Å². The lowest BCUT2D eigenvalue weighted by Crippen LogP contribution is -2.46. The van der Waals surface area contributed by atoms with Gasteiger partial charge in [-0.05, 0) is 25.3 Å². The third kappa shape index (κ3) is 3.50. The minimum atomic E-state index is -0.439. The van der Waals surface area contributed by atoms with Crippen LogP contribution in [0, 0.1) is 0 Å². The van der Waals surface area contributed by atoms with Crippen LogP contribution in [-0.4, -0.2) is 36.1 Å². The molecule has 5 nitrogen and oxygen atoms in total. The monoisotopic (exact) mass is 276 g/mol. The van der Waals surface area contributed by atoms with E-state index in [1.807, 2.05) is 30.3 Å². The van der Waals surface area contributed by atoms with Gasteiger partial charge >= 0.3 is 12.0 Å². The molecule has 1 aromatic rings. The van der Waals surface area contributed by atoms with Crippen LogP contribution in [0.5, 0.6) is 0 Å². The van der Waals surface area contributed by atoms with Crippen LogP contribution in [-0.2, 0) is 16.1 Å². The number of amides is 2. The summed E-state index contributed by atoms with van der Waals surface area (Å²) < 4.78 is 5.01. The Balaban J connectivity index is 1.89. The van der Waals surface area contributed by atoms with Crippen molar-refractivity contribution < 1.29 is 14.3 Å². The third-order valence-corrected chi connectivity index (χ3v) is 3.36. The van der Waals surface area contributed by atoms with E-state index in [0.29, 0.717) is 26.1 Å². The first kappa shape index (κ1) is 14.4. The lowest BCUT2D eigenvalue weighted by Gasteiger charge is -2.23. The molecule has 1 heterocycles. The molecule has 2 amide bonds. The van der Waals surface area contributed by atoms with E-state index in [0.717, 1.165) is 12.0 Å². The van der Waals surface area contributed by atoms with Gasteiger partial charge in [0, 0.05) is 13.1 Å². The van der Waals surface area contributed by atoms with Gasteiger partial charge in [0.25, 0.3) is 0 Å². The molecule has 0 spiro atoms. The van der Waals surface area contributed by atoms with Gasteiger partial charge in [0.15, 0.2) is 0 Å². The average molecular weight is 276 g/mol. The maximum atomic E-state index is 12.1. The quantitative estimate of drug-likeness (QED) is 0.855. The lowest BCUT2D eigenvalue weighted by molar-refractivity contribution is -0.147. The molecule has 5 heteroatoms. The van der Waals surface area contributed by atoms with Crippen molar-refractivity contribution in [3.05, 3.63) is 35.9 Å². The van der Waals surface area contributed by atoms with Gasteiger partial charge in [0.05, 0.1) is 6.61 Å². The number of hydrogen-bond donors (Lipinski definition) is 1. The van der Waals surface area contributed by atoms with Crippen LogP contribution in [0.4, 0.5) is 4.79 Å². The van der Waals surface area contributed by atoms with E-state index in [1.165, 1.54) is 0 Å². The summed E-state index contributed by atoms with van der Waals surface area (Å²) in [4.78, 5) is 25.5. The Hall–Kier alpha value is -2.04. The number of nitrogens with zero attached hydrogens (tertiary/aromatic N) is 1. The molecular weight excluding hydrogens is 256 g/mol. The van der Waals surface area contributed by atoms with Gasteiger partial charge in [0.1, 0.15) is 6.04 Å². The van der Waals surface area contributed by atoms with E-state index in [4.69, 9.17) is 4.74 Å². The van der Waals surface area contributed by atoms with Crippen LogP contribution in [0.25, 0.3) is 0 Å². The molecule has 1 aromatic carbocycles. The van der Waals surface area contributed by atoms with Crippen molar-refractivity contribution in [3.63, 3.8) is 0 Å². The Bertz CT molecular complexity index is 461. The molecule has 0 aromatic heterocycles. The second kappa shape index (κ2) is 6.93. The molecule has 0 bridgehead atoms.